The fourth-order valence-corrected chi connectivity index (χ4v) is 1.53. The highest BCUT2D eigenvalue weighted by Crippen LogP contribution is 2.18. The van der Waals surface area contributed by atoms with Gasteiger partial charge < -0.3 is 5.32 Å². The summed E-state index contributed by atoms with van der Waals surface area (Å²) in [4.78, 5) is 22.6. The lowest BCUT2D eigenvalue weighted by atomic mass is 10.2. The van der Waals surface area contributed by atoms with E-state index in [0.29, 0.717) is 0 Å². The lowest BCUT2D eigenvalue weighted by Crippen LogP contribution is -2.38. The Bertz CT molecular complexity index is 524. The number of nitrogens with one attached hydrogen (secondary N) is 2. The van der Waals surface area contributed by atoms with Crippen molar-refractivity contribution in [2.75, 3.05) is 0 Å². The molecule has 100 valence electrons. The van der Waals surface area contributed by atoms with Gasteiger partial charge in [0, 0.05) is 11.6 Å². The van der Waals surface area contributed by atoms with Crippen LogP contribution in [0.25, 0.3) is 0 Å². The second kappa shape index (κ2) is 5.79. The van der Waals surface area contributed by atoms with Crippen molar-refractivity contribution in [3.8, 4) is 0 Å². The Hall–Kier alpha value is -1.95. The molecule has 1 aromatic rings. The second-order valence-electron chi connectivity index (χ2n) is 4.08. The molecule has 0 aliphatic heterocycles. The summed E-state index contributed by atoms with van der Waals surface area (Å²) < 4.78 is 13.3. The van der Waals surface area contributed by atoms with Gasteiger partial charge in [-0.05, 0) is 25.0 Å². The molecule has 2 rings (SSSR count). The van der Waals surface area contributed by atoms with Gasteiger partial charge in [0.2, 0.25) is 0 Å². The number of carbonyl (C=O) groups is 2. The first kappa shape index (κ1) is 13.5. The molecule has 1 saturated carbocycles. The first-order valence-electron chi connectivity index (χ1n) is 5.66. The topological polar surface area (TPSA) is 70.6 Å². The maximum absolute atomic E-state index is 13.3. The zero-order valence-electron chi connectivity index (χ0n) is 9.82. The molecule has 1 aromatic carbocycles. The summed E-state index contributed by atoms with van der Waals surface area (Å²) in [5, 5.41) is 6.17. The molecule has 0 spiro atoms. The Morgan fingerprint density at radius 1 is 1.37 bits per heavy atom. The highest BCUT2D eigenvalue weighted by molar-refractivity contribution is 6.35. The van der Waals surface area contributed by atoms with Crippen molar-refractivity contribution < 1.29 is 14.0 Å². The molecule has 0 bridgehead atoms. The number of benzene rings is 1. The molecular formula is C12H11ClFN3O2. The summed E-state index contributed by atoms with van der Waals surface area (Å²) in [6.45, 7) is 0. The first-order valence-corrected chi connectivity index (χ1v) is 6.03. The zero-order chi connectivity index (χ0) is 13.8. The quantitative estimate of drug-likeness (QED) is 0.497. The smallest absolute Gasteiger partial charge is 0.329 e. The number of halogens is 2. The monoisotopic (exact) mass is 283 g/mol. The van der Waals surface area contributed by atoms with E-state index in [0.717, 1.165) is 19.1 Å². The van der Waals surface area contributed by atoms with Crippen LogP contribution in [0.5, 0.6) is 0 Å². The lowest BCUT2D eigenvalue weighted by Gasteiger charge is -2.01. The van der Waals surface area contributed by atoms with E-state index in [9.17, 15) is 14.0 Å². The second-order valence-corrected chi connectivity index (χ2v) is 4.49. The van der Waals surface area contributed by atoms with Crippen molar-refractivity contribution in [2.45, 2.75) is 18.9 Å². The molecule has 2 N–H and O–H groups in total. The van der Waals surface area contributed by atoms with Gasteiger partial charge in [-0.15, -0.1) is 0 Å². The number of carbonyl (C=O) groups excluding carboxylic acids is 2. The summed E-state index contributed by atoms with van der Waals surface area (Å²) in [5.74, 6) is -2.21. The molecule has 0 atom stereocenters. The van der Waals surface area contributed by atoms with E-state index in [-0.39, 0.29) is 16.6 Å². The number of hydrogen-bond acceptors (Lipinski definition) is 3. The van der Waals surface area contributed by atoms with Gasteiger partial charge in [0.1, 0.15) is 5.82 Å². The highest BCUT2D eigenvalue weighted by atomic mass is 35.5. The van der Waals surface area contributed by atoms with Crippen molar-refractivity contribution in [1.29, 1.82) is 0 Å². The fourth-order valence-electron chi connectivity index (χ4n) is 1.32. The van der Waals surface area contributed by atoms with Crippen molar-refractivity contribution >= 4 is 29.6 Å². The van der Waals surface area contributed by atoms with Crippen LogP contribution < -0.4 is 10.7 Å². The Kier molecular flexibility index (Phi) is 4.11. The van der Waals surface area contributed by atoms with Gasteiger partial charge in [-0.2, -0.15) is 5.10 Å². The van der Waals surface area contributed by atoms with Crippen LogP contribution in [-0.4, -0.2) is 24.1 Å². The first-order chi connectivity index (χ1) is 9.08. The van der Waals surface area contributed by atoms with Crippen molar-refractivity contribution in [3.05, 3.63) is 34.6 Å². The summed E-state index contributed by atoms with van der Waals surface area (Å²) in [5.41, 5.74) is 2.06. The van der Waals surface area contributed by atoms with E-state index in [2.05, 4.69) is 10.4 Å². The molecule has 1 aliphatic carbocycles. The maximum Gasteiger partial charge on any atom is 0.329 e. The van der Waals surface area contributed by atoms with Gasteiger partial charge >= 0.3 is 11.8 Å². The maximum atomic E-state index is 13.3. The third-order valence-corrected chi connectivity index (χ3v) is 2.81. The van der Waals surface area contributed by atoms with Crippen LogP contribution in [-0.2, 0) is 9.59 Å². The molecule has 19 heavy (non-hydrogen) atoms. The van der Waals surface area contributed by atoms with Crippen LogP contribution in [0.3, 0.4) is 0 Å². The van der Waals surface area contributed by atoms with Crippen molar-refractivity contribution in [3.63, 3.8) is 0 Å². The van der Waals surface area contributed by atoms with Gasteiger partial charge in [-0.25, -0.2) is 9.82 Å². The summed E-state index contributed by atoms with van der Waals surface area (Å²) in [6.07, 6.45) is 2.82. The van der Waals surface area contributed by atoms with Crippen LogP contribution in [0.15, 0.2) is 23.3 Å². The van der Waals surface area contributed by atoms with E-state index >= 15 is 0 Å². The minimum Gasteiger partial charge on any atom is -0.345 e. The number of amides is 2. The molecule has 0 aromatic heterocycles. The molecule has 7 heteroatoms. The van der Waals surface area contributed by atoms with Crippen molar-refractivity contribution in [2.24, 2.45) is 5.10 Å². The molecule has 5 nitrogen and oxygen atoms in total. The molecule has 0 saturated heterocycles. The van der Waals surface area contributed by atoms with Crippen LogP contribution >= 0.6 is 11.6 Å². The zero-order valence-corrected chi connectivity index (χ0v) is 10.6. The normalized spacial score (nSPS) is 14.4. The Balaban J connectivity index is 1.92. The van der Waals surface area contributed by atoms with Gasteiger partial charge in [0.15, 0.2) is 0 Å². The predicted molar refractivity (Wildman–Crippen MR) is 68.3 cm³/mol. The lowest BCUT2D eigenvalue weighted by molar-refractivity contribution is -0.139. The van der Waals surface area contributed by atoms with Gasteiger partial charge in [-0.1, -0.05) is 17.7 Å². The molecule has 2 amide bonds. The van der Waals surface area contributed by atoms with E-state index < -0.39 is 17.6 Å². The molecule has 1 fully saturated rings. The molecule has 0 heterocycles. The van der Waals surface area contributed by atoms with Gasteiger partial charge in [0.05, 0.1) is 11.2 Å². The summed E-state index contributed by atoms with van der Waals surface area (Å²) in [7, 11) is 0. The minimum absolute atomic E-state index is 0.0482. The largest absolute Gasteiger partial charge is 0.345 e. The summed E-state index contributed by atoms with van der Waals surface area (Å²) >= 11 is 5.76. The standard InChI is InChI=1S/C12H11ClFN3O2/c13-9-2-1-3-10(14)8(9)6-15-17-12(19)11(18)16-7-4-5-7/h1-3,6-7H,4-5H2,(H,16,18)(H,17,19)/b15-6-. The molecule has 0 radical (unpaired) electrons. The minimum atomic E-state index is -0.893. The van der Waals surface area contributed by atoms with E-state index in [4.69, 9.17) is 11.6 Å². The van der Waals surface area contributed by atoms with Crippen LogP contribution in [0, 0.1) is 5.82 Å². The highest BCUT2D eigenvalue weighted by Gasteiger charge is 2.26. The van der Waals surface area contributed by atoms with Gasteiger partial charge in [-0.3, -0.25) is 9.59 Å². The number of nitrogens with zero attached hydrogens (tertiary/aromatic N) is 1. The Morgan fingerprint density at radius 2 is 2.11 bits per heavy atom. The molecule has 0 unspecified atom stereocenters. The van der Waals surface area contributed by atoms with Crippen LogP contribution in [0.1, 0.15) is 18.4 Å². The Labute approximate surface area is 113 Å². The van der Waals surface area contributed by atoms with Gasteiger partial charge in [0.25, 0.3) is 0 Å². The van der Waals surface area contributed by atoms with Crippen molar-refractivity contribution in [1.82, 2.24) is 10.7 Å². The third kappa shape index (κ3) is 3.75. The number of rotatable bonds is 3. The van der Waals surface area contributed by atoms with Crippen LogP contribution in [0.2, 0.25) is 5.02 Å². The fraction of sp³-hybridized carbons (Fsp3) is 0.250. The summed E-state index contributed by atoms with van der Waals surface area (Å²) in [6, 6.07) is 4.25. The van der Waals surface area contributed by atoms with Crippen LogP contribution in [0.4, 0.5) is 4.39 Å². The Morgan fingerprint density at radius 3 is 2.74 bits per heavy atom. The number of hydrogen-bond donors (Lipinski definition) is 2. The SMILES string of the molecule is O=C(N/N=C\c1c(F)cccc1Cl)C(=O)NC1CC1. The average molecular weight is 284 g/mol. The number of hydrazone groups is 1. The molecular weight excluding hydrogens is 273 g/mol. The molecule has 1 aliphatic rings. The van der Waals surface area contributed by atoms with E-state index in [1.807, 2.05) is 5.43 Å². The van der Waals surface area contributed by atoms with E-state index in [1.165, 1.54) is 18.2 Å². The predicted octanol–water partition coefficient (Wildman–Crippen LogP) is 1.21. The average Bonchev–Trinajstić information content (AvgIpc) is 3.16. The third-order valence-electron chi connectivity index (χ3n) is 2.48. The van der Waals surface area contributed by atoms with E-state index in [1.54, 1.807) is 0 Å².